The SMILES string of the molecule is Cl.Cl.NC1CCC(c2nc3ccccc3[nH]2)CC1. The molecule has 3 N–H and O–H groups in total. The molecule has 3 nitrogen and oxygen atoms in total. The second-order valence-electron chi connectivity index (χ2n) is 4.75. The van der Waals surface area contributed by atoms with Crippen molar-refractivity contribution in [3.8, 4) is 0 Å². The second-order valence-corrected chi connectivity index (χ2v) is 4.75. The van der Waals surface area contributed by atoms with Gasteiger partial charge in [0.05, 0.1) is 11.0 Å². The minimum Gasteiger partial charge on any atom is -0.342 e. The van der Waals surface area contributed by atoms with Gasteiger partial charge in [0.2, 0.25) is 0 Å². The van der Waals surface area contributed by atoms with E-state index in [1.54, 1.807) is 0 Å². The normalized spacial score (nSPS) is 23.2. The fourth-order valence-corrected chi connectivity index (χ4v) is 2.56. The Morgan fingerprint density at radius 3 is 2.39 bits per heavy atom. The summed E-state index contributed by atoms with van der Waals surface area (Å²) in [6, 6.07) is 8.62. The molecule has 0 spiro atoms. The van der Waals surface area contributed by atoms with Crippen LogP contribution in [0.4, 0.5) is 0 Å². The zero-order valence-electron chi connectivity index (χ0n) is 10.1. The Morgan fingerprint density at radius 2 is 1.72 bits per heavy atom. The molecule has 1 fully saturated rings. The third-order valence-electron chi connectivity index (χ3n) is 3.57. The van der Waals surface area contributed by atoms with Crippen LogP contribution >= 0.6 is 24.8 Å². The number of para-hydroxylation sites is 2. The van der Waals surface area contributed by atoms with Crippen LogP contribution in [-0.2, 0) is 0 Å². The average molecular weight is 288 g/mol. The van der Waals surface area contributed by atoms with E-state index < -0.39 is 0 Å². The van der Waals surface area contributed by atoms with Gasteiger partial charge < -0.3 is 10.7 Å². The lowest BCUT2D eigenvalue weighted by atomic mass is 9.86. The summed E-state index contributed by atoms with van der Waals surface area (Å²) in [4.78, 5) is 8.09. The van der Waals surface area contributed by atoms with Crippen LogP contribution in [0.25, 0.3) is 11.0 Å². The third kappa shape index (κ3) is 2.97. The summed E-state index contributed by atoms with van der Waals surface area (Å²) in [6.45, 7) is 0. The summed E-state index contributed by atoms with van der Waals surface area (Å²) in [5.41, 5.74) is 8.14. The van der Waals surface area contributed by atoms with E-state index in [-0.39, 0.29) is 24.8 Å². The van der Waals surface area contributed by atoms with Crippen molar-refractivity contribution in [2.75, 3.05) is 0 Å². The molecular formula is C13H19Cl2N3. The lowest BCUT2D eigenvalue weighted by Gasteiger charge is -2.24. The topological polar surface area (TPSA) is 54.7 Å². The lowest BCUT2D eigenvalue weighted by molar-refractivity contribution is 0.386. The van der Waals surface area contributed by atoms with Gasteiger partial charge in [-0.25, -0.2) is 4.98 Å². The molecule has 100 valence electrons. The van der Waals surface area contributed by atoms with Crippen molar-refractivity contribution in [3.05, 3.63) is 30.1 Å². The standard InChI is InChI=1S/C13H17N3.2ClH/c14-10-7-5-9(6-8-10)13-15-11-3-1-2-4-12(11)16-13;;/h1-4,9-10H,5-8,14H2,(H,15,16);2*1H. The predicted molar refractivity (Wildman–Crippen MR) is 79.8 cm³/mol. The maximum absolute atomic E-state index is 5.92. The van der Waals surface area contributed by atoms with Crippen molar-refractivity contribution in [2.45, 2.75) is 37.6 Å². The Bertz CT molecular complexity index is 457. The quantitative estimate of drug-likeness (QED) is 0.845. The summed E-state index contributed by atoms with van der Waals surface area (Å²) in [5, 5.41) is 0. The Balaban J connectivity index is 0.000000810. The van der Waals surface area contributed by atoms with Crippen molar-refractivity contribution in [1.29, 1.82) is 0 Å². The van der Waals surface area contributed by atoms with E-state index in [1.807, 2.05) is 12.1 Å². The fraction of sp³-hybridized carbons (Fsp3) is 0.462. The Hall–Kier alpha value is -0.770. The van der Waals surface area contributed by atoms with Gasteiger partial charge in [-0.05, 0) is 37.8 Å². The molecule has 5 heteroatoms. The number of benzene rings is 1. The van der Waals surface area contributed by atoms with Crippen molar-refractivity contribution >= 4 is 35.8 Å². The van der Waals surface area contributed by atoms with Gasteiger partial charge in [-0.3, -0.25) is 0 Å². The van der Waals surface area contributed by atoms with Crippen LogP contribution in [0.15, 0.2) is 24.3 Å². The van der Waals surface area contributed by atoms with Gasteiger partial charge in [0.25, 0.3) is 0 Å². The lowest BCUT2D eigenvalue weighted by Crippen LogP contribution is -2.26. The first-order valence-electron chi connectivity index (χ1n) is 6.03. The molecule has 1 saturated carbocycles. The van der Waals surface area contributed by atoms with Gasteiger partial charge in [-0.15, -0.1) is 24.8 Å². The highest BCUT2D eigenvalue weighted by Crippen LogP contribution is 2.31. The van der Waals surface area contributed by atoms with E-state index in [4.69, 9.17) is 5.73 Å². The molecule has 1 aromatic heterocycles. The Morgan fingerprint density at radius 1 is 1.06 bits per heavy atom. The fourth-order valence-electron chi connectivity index (χ4n) is 2.56. The molecule has 0 aliphatic heterocycles. The summed E-state index contributed by atoms with van der Waals surface area (Å²) in [5.74, 6) is 1.72. The first-order chi connectivity index (χ1) is 7.83. The molecule has 2 aromatic rings. The minimum absolute atomic E-state index is 0. The molecule has 1 aromatic carbocycles. The van der Waals surface area contributed by atoms with E-state index >= 15 is 0 Å². The number of imidazole rings is 1. The van der Waals surface area contributed by atoms with Gasteiger partial charge in [0, 0.05) is 12.0 Å². The maximum Gasteiger partial charge on any atom is 0.110 e. The van der Waals surface area contributed by atoms with Crippen molar-refractivity contribution in [2.24, 2.45) is 5.73 Å². The number of rotatable bonds is 1. The number of halogens is 2. The number of nitrogens with one attached hydrogen (secondary N) is 1. The highest BCUT2D eigenvalue weighted by molar-refractivity contribution is 5.85. The number of hydrogen-bond acceptors (Lipinski definition) is 2. The van der Waals surface area contributed by atoms with E-state index in [2.05, 4.69) is 22.1 Å². The second kappa shape index (κ2) is 6.41. The average Bonchev–Trinajstić information content (AvgIpc) is 2.73. The zero-order valence-corrected chi connectivity index (χ0v) is 11.8. The van der Waals surface area contributed by atoms with Gasteiger partial charge in [0.1, 0.15) is 5.82 Å². The minimum atomic E-state index is 0. The van der Waals surface area contributed by atoms with Crippen LogP contribution in [0.1, 0.15) is 37.4 Å². The summed E-state index contributed by atoms with van der Waals surface area (Å²) >= 11 is 0. The van der Waals surface area contributed by atoms with Crippen LogP contribution < -0.4 is 5.73 Å². The third-order valence-corrected chi connectivity index (χ3v) is 3.57. The molecule has 18 heavy (non-hydrogen) atoms. The van der Waals surface area contributed by atoms with Crippen molar-refractivity contribution < 1.29 is 0 Å². The van der Waals surface area contributed by atoms with Crippen LogP contribution in [-0.4, -0.2) is 16.0 Å². The summed E-state index contributed by atoms with van der Waals surface area (Å²) < 4.78 is 0. The number of aromatic nitrogens is 2. The maximum atomic E-state index is 5.92. The summed E-state index contributed by atoms with van der Waals surface area (Å²) in [7, 11) is 0. The highest BCUT2D eigenvalue weighted by atomic mass is 35.5. The van der Waals surface area contributed by atoms with E-state index in [0.29, 0.717) is 12.0 Å². The largest absolute Gasteiger partial charge is 0.342 e. The number of aromatic amines is 1. The predicted octanol–water partition coefficient (Wildman–Crippen LogP) is 3.39. The number of fused-ring (bicyclic) bond motifs is 1. The van der Waals surface area contributed by atoms with Crippen LogP contribution in [0, 0.1) is 0 Å². The first kappa shape index (κ1) is 15.3. The van der Waals surface area contributed by atoms with Crippen LogP contribution in [0.3, 0.4) is 0 Å². The van der Waals surface area contributed by atoms with Gasteiger partial charge in [-0.1, -0.05) is 12.1 Å². The monoisotopic (exact) mass is 287 g/mol. The van der Waals surface area contributed by atoms with Gasteiger partial charge >= 0.3 is 0 Å². The Kier molecular flexibility index (Phi) is 5.45. The summed E-state index contributed by atoms with van der Waals surface area (Å²) in [6.07, 6.45) is 4.59. The molecular weight excluding hydrogens is 269 g/mol. The number of H-pyrrole nitrogens is 1. The van der Waals surface area contributed by atoms with Crippen molar-refractivity contribution in [1.82, 2.24) is 9.97 Å². The molecule has 1 aliphatic carbocycles. The van der Waals surface area contributed by atoms with Crippen LogP contribution in [0.5, 0.6) is 0 Å². The molecule has 0 bridgehead atoms. The molecule has 0 amide bonds. The number of hydrogen-bond donors (Lipinski definition) is 2. The van der Waals surface area contributed by atoms with E-state index in [9.17, 15) is 0 Å². The van der Waals surface area contributed by atoms with Crippen LogP contribution in [0.2, 0.25) is 0 Å². The van der Waals surface area contributed by atoms with Gasteiger partial charge in [0.15, 0.2) is 0 Å². The molecule has 0 saturated heterocycles. The molecule has 0 unspecified atom stereocenters. The molecule has 0 radical (unpaired) electrons. The van der Waals surface area contributed by atoms with Gasteiger partial charge in [-0.2, -0.15) is 0 Å². The molecule has 0 atom stereocenters. The van der Waals surface area contributed by atoms with Crippen molar-refractivity contribution in [3.63, 3.8) is 0 Å². The highest BCUT2D eigenvalue weighted by Gasteiger charge is 2.22. The zero-order chi connectivity index (χ0) is 11.0. The number of nitrogens with two attached hydrogens (primary N) is 1. The smallest absolute Gasteiger partial charge is 0.110 e. The van der Waals surface area contributed by atoms with E-state index in [1.165, 1.54) is 12.8 Å². The molecule has 1 aliphatic rings. The first-order valence-corrected chi connectivity index (χ1v) is 6.03. The van der Waals surface area contributed by atoms with E-state index in [0.717, 1.165) is 29.7 Å². The molecule has 1 heterocycles. The molecule has 3 rings (SSSR count). The Labute approximate surface area is 119 Å². The number of nitrogens with zero attached hydrogens (tertiary/aromatic N) is 1.